The van der Waals surface area contributed by atoms with Crippen molar-refractivity contribution in [3.05, 3.63) is 48.3 Å². The van der Waals surface area contributed by atoms with Crippen LogP contribution in [0.2, 0.25) is 0 Å². The summed E-state index contributed by atoms with van der Waals surface area (Å²) in [4.78, 5) is 36.1. The van der Waals surface area contributed by atoms with Crippen LogP contribution in [0.1, 0.15) is 30.7 Å². The number of aldehydes is 1. The van der Waals surface area contributed by atoms with E-state index in [1.807, 2.05) is 17.0 Å². The molecule has 2 aliphatic heterocycles. The van der Waals surface area contributed by atoms with Gasteiger partial charge in [0, 0.05) is 44.1 Å². The summed E-state index contributed by atoms with van der Waals surface area (Å²) in [5, 5.41) is 0. The molecule has 0 N–H and O–H groups in total. The molecule has 3 heterocycles. The number of carbonyl (C=O) groups is 2. The van der Waals surface area contributed by atoms with Crippen LogP contribution in [0, 0.1) is 0 Å². The van der Waals surface area contributed by atoms with Crippen LogP contribution < -0.4 is 0 Å². The van der Waals surface area contributed by atoms with Gasteiger partial charge in [-0.05, 0) is 36.8 Å². The predicted octanol–water partition coefficient (Wildman–Crippen LogP) is 2.73. The number of alkyl halides is 2. The maximum Gasteiger partial charge on any atom is 0.346 e. The largest absolute Gasteiger partial charge is 0.346 e. The van der Waals surface area contributed by atoms with Gasteiger partial charge in [-0.3, -0.25) is 9.69 Å². The first-order chi connectivity index (χ1) is 15.5. The Bertz CT molecular complexity index is 921. The molecular weight excluding hydrogens is 418 g/mol. The van der Waals surface area contributed by atoms with E-state index in [1.165, 1.54) is 5.56 Å². The van der Waals surface area contributed by atoms with Gasteiger partial charge in [0.25, 0.3) is 0 Å². The maximum atomic E-state index is 12.7. The third-order valence-electron chi connectivity index (χ3n) is 6.29. The van der Waals surface area contributed by atoms with Crippen molar-refractivity contribution in [2.45, 2.75) is 37.4 Å². The molecule has 0 radical (unpaired) electrons. The summed E-state index contributed by atoms with van der Waals surface area (Å²) < 4.78 is 29.7. The van der Waals surface area contributed by atoms with E-state index in [9.17, 15) is 18.4 Å². The van der Waals surface area contributed by atoms with Gasteiger partial charge in [0.05, 0.1) is 6.54 Å². The van der Waals surface area contributed by atoms with Gasteiger partial charge >= 0.3 is 6.61 Å². The molecule has 1 aromatic carbocycles. The van der Waals surface area contributed by atoms with Crippen molar-refractivity contribution in [1.82, 2.24) is 19.8 Å². The van der Waals surface area contributed by atoms with Gasteiger partial charge in [-0.2, -0.15) is 8.78 Å². The Labute approximate surface area is 185 Å². The van der Waals surface area contributed by atoms with Gasteiger partial charge in [0.1, 0.15) is 5.60 Å². The molecule has 0 saturated carbocycles. The second-order valence-corrected chi connectivity index (χ2v) is 8.37. The van der Waals surface area contributed by atoms with Gasteiger partial charge in [0.15, 0.2) is 12.1 Å². The molecule has 2 fully saturated rings. The summed E-state index contributed by atoms with van der Waals surface area (Å²) in [5.41, 5.74) is 0.685. The molecule has 2 aromatic rings. The van der Waals surface area contributed by atoms with E-state index in [0.29, 0.717) is 37.7 Å². The maximum absolute atomic E-state index is 12.7. The number of likely N-dealkylation sites (tertiary alicyclic amines) is 2. The molecule has 1 amide bonds. The zero-order chi connectivity index (χ0) is 22.6. The molecule has 170 valence electrons. The van der Waals surface area contributed by atoms with Crippen LogP contribution in [-0.4, -0.2) is 76.9 Å². The first kappa shape index (κ1) is 22.4. The van der Waals surface area contributed by atoms with Crippen LogP contribution in [0.3, 0.4) is 0 Å². The molecule has 32 heavy (non-hydrogen) atoms. The van der Waals surface area contributed by atoms with Crippen molar-refractivity contribution in [2.75, 3.05) is 32.7 Å². The standard InChI is InChI=1S/C23H26F2N4O3/c24-22(25)32-23(16-30)8-13-28(15-23)14-20(31)29-11-6-18(7-12-29)17-2-4-19(5-3-17)21-26-9-1-10-27-21/h1-5,9-10,16,18,22H,6-8,11-15H2. The van der Waals surface area contributed by atoms with Crippen LogP contribution in [0.25, 0.3) is 11.4 Å². The van der Waals surface area contributed by atoms with Crippen LogP contribution in [0.4, 0.5) is 8.78 Å². The summed E-state index contributed by atoms with van der Waals surface area (Å²) in [6, 6.07) is 10.0. The topological polar surface area (TPSA) is 75.6 Å². The molecule has 1 aromatic heterocycles. The van der Waals surface area contributed by atoms with Gasteiger partial charge in [-0.15, -0.1) is 0 Å². The number of halogens is 2. The van der Waals surface area contributed by atoms with Crippen LogP contribution in [0.15, 0.2) is 42.7 Å². The van der Waals surface area contributed by atoms with Gasteiger partial charge in [-0.25, -0.2) is 9.97 Å². The number of hydrogen-bond acceptors (Lipinski definition) is 6. The monoisotopic (exact) mass is 444 g/mol. The minimum Gasteiger partial charge on any atom is -0.342 e. The van der Waals surface area contributed by atoms with Crippen molar-refractivity contribution in [3.63, 3.8) is 0 Å². The molecular formula is C23H26F2N4O3. The molecule has 9 heteroatoms. The highest BCUT2D eigenvalue weighted by atomic mass is 19.3. The van der Waals surface area contributed by atoms with Crippen molar-refractivity contribution in [1.29, 1.82) is 0 Å². The Morgan fingerprint density at radius 2 is 1.84 bits per heavy atom. The summed E-state index contributed by atoms with van der Waals surface area (Å²) >= 11 is 0. The fourth-order valence-electron chi connectivity index (χ4n) is 4.52. The lowest BCUT2D eigenvalue weighted by molar-refractivity contribution is -0.198. The number of piperidine rings is 1. The van der Waals surface area contributed by atoms with E-state index in [4.69, 9.17) is 0 Å². The van der Waals surface area contributed by atoms with Crippen LogP contribution >= 0.6 is 0 Å². The van der Waals surface area contributed by atoms with E-state index in [0.717, 1.165) is 18.4 Å². The number of benzene rings is 1. The highest BCUT2D eigenvalue weighted by Crippen LogP contribution is 2.30. The summed E-state index contributed by atoms with van der Waals surface area (Å²) in [6.45, 7) is -1.21. The highest BCUT2D eigenvalue weighted by molar-refractivity contribution is 5.78. The summed E-state index contributed by atoms with van der Waals surface area (Å²) in [5.74, 6) is 1.02. The third-order valence-corrected chi connectivity index (χ3v) is 6.29. The van der Waals surface area contributed by atoms with E-state index in [-0.39, 0.29) is 25.4 Å². The van der Waals surface area contributed by atoms with Crippen molar-refractivity contribution >= 4 is 12.2 Å². The first-order valence-corrected chi connectivity index (χ1v) is 10.8. The number of carbonyl (C=O) groups excluding carboxylic acids is 2. The van der Waals surface area contributed by atoms with Gasteiger partial charge in [-0.1, -0.05) is 24.3 Å². The number of rotatable bonds is 7. The van der Waals surface area contributed by atoms with Gasteiger partial charge in [0.2, 0.25) is 5.91 Å². The zero-order valence-electron chi connectivity index (χ0n) is 17.7. The van der Waals surface area contributed by atoms with E-state index in [2.05, 4.69) is 26.8 Å². The van der Waals surface area contributed by atoms with E-state index < -0.39 is 12.2 Å². The molecule has 2 saturated heterocycles. The number of ether oxygens (including phenoxy) is 1. The molecule has 1 unspecified atom stereocenters. The van der Waals surface area contributed by atoms with Crippen LogP contribution in [0.5, 0.6) is 0 Å². The number of amides is 1. The van der Waals surface area contributed by atoms with Crippen molar-refractivity contribution in [3.8, 4) is 11.4 Å². The zero-order valence-corrected chi connectivity index (χ0v) is 17.7. The van der Waals surface area contributed by atoms with E-state index >= 15 is 0 Å². The van der Waals surface area contributed by atoms with Gasteiger partial charge < -0.3 is 14.4 Å². The Balaban J connectivity index is 1.27. The average Bonchev–Trinajstić information content (AvgIpc) is 3.22. The minimum atomic E-state index is -3.01. The Morgan fingerprint density at radius 3 is 2.47 bits per heavy atom. The Kier molecular flexibility index (Phi) is 6.86. The van der Waals surface area contributed by atoms with Crippen LogP contribution in [-0.2, 0) is 14.3 Å². The average molecular weight is 444 g/mol. The second kappa shape index (κ2) is 9.79. The van der Waals surface area contributed by atoms with Crippen molar-refractivity contribution in [2.24, 2.45) is 0 Å². The summed E-state index contributed by atoms with van der Waals surface area (Å²) in [7, 11) is 0. The summed E-state index contributed by atoms with van der Waals surface area (Å²) in [6.07, 6.45) is 5.76. The number of nitrogens with zero attached hydrogens (tertiary/aromatic N) is 4. The number of aromatic nitrogens is 2. The molecule has 0 spiro atoms. The molecule has 1 atom stereocenters. The first-order valence-electron chi connectivity index (χ1n) is 10.8. The molecule has 0 aliphatic carbocycles. The second-order valence-electron chi connectivity index (χ2n) is 8.37. The fraction of sp³-hybridized carbons (Fsp3) is 0.478. The quantitative estimate of drug-likeness (QED) is 0.612. The molecule has 0 bridgehead atoms. The lowest BCUT2D eigenvalue weighted by atomic mass is 9.89. The fourth-order valence-corrected chi connectivity index (χ4v) is 4.52. The van der Waals surface area contributed by atoms with E-state index in [1.54, 1.807) is 23.4 Å². The lowest BCUT2D eigenvalue weighted by Crippen LogP contribution is -2.45. The smallest absolute Gasteiger partial charge is 0.342 e. The normalized spacial score (nSPS) is 22.4. The number of hydrogen-bond donors (Lipinski definition) is 0. The third kappa shape index (κ3) is 5.16. The molecule has 2 aliphatic rings. The highest BCUT2D eigenvalue weighted by Gasteiger charge is 2.42. The molecule has 7 nitrogen and oxygen atoms in total. The molecule has 4 rings (SSSR count). The predicted molar refractivity (Wildman–Crippen MR) is 113 cm³/mol. The minimum absolute atomic E-state index is 0.0144. The van der Waals surface area contributed by atoms with Crippen molar-refractivity contribution < 1.29 is 23.1 Å². The Morgan fingerprint density at radius 1 is 1.16 bits per heavy atom. The lowest BCUT2D eigenvalue weighted by Gasteiger charge is -2.33. The SMILES string of the molecule is O=CC1(OC(F)F)CCN(CC(=O)N2CCC(c3ccc(-c4ncccn4)cc3)CC2)C1. The Hall–Kier alpha value is -2.78.